The summed E-state index contributed by atoms with van der Waals surface area (Å²) in [5, 5.41) is 5.05. The molecule has 9 heteroatoms. The average molecular weight is 454 g/mol. The van der Waals surface area contributed by atoms with Gasteiger partial charge in [0.05, 0.1) is 18.9 Å². The molecule has 4 amide bonds. The Bertz CT molecular complexity index is 1070. The van der Waals surface area contributed by atoms with Crippen molar-refractivity contribution in [2.45, 2.75) is 46.6 Å². The molecule has 0 unspecified atom stereocenters. The fourth-order valence-electron chi connectivity index (χ4n) is 3.33. The lowest BCUT2D eigenvalue weighted by Crippen LogP contribution is -2.56. The Morgan fingerprint density at radius 1 is 1.18 bits per heavy atom. The first-order valence-corrected chi connectivity index (χ1v) is 10.5. The number of aryl methyl sites for hydroxylation is 1. The van der Waals surface area contributed by atoms with E-state index in [1.54, 1.807) is 43.5 Å². The van der Waals surface area contributed by atoms with E-state index in [0.717, 1.165) is 11.1 Å². The van der Waals surface area contributed by atoms with Crippen LogP contribution < -0.4 is 21.3 Å². The number of hydrazine groups is 1. The molecule has 33 heavy (non-hydrogen) atoms. The summed E-state index contributed by atoms with van der Waals surface area (Å²) in [7, 11) is 1.55. The van der Waals surface area contributed by atoms with Gasteiger partial charge in [-0.15, -0.1) is 0 Å². The van der Waals surface area contributed by atoms with Gasteiger partial charge in [0, 0.05) is 16.7 Å². The van der Waals surface area contributed by atoms with Crippen molar-refractivity contribution in [3.63, 3.8) is 0 Å². The average Bonchev–Trinajstić information content (AvgIpc) is 2.74. The van der Waals surface area contributed by atoms with Gasteiger partial charge in [-0.25, -0.2) is 15.2 Å². The number of hydrogen-bond acceptors (Lipinski definition) is 5. The van der Waals surface area contributed by atoms with Crippen molar-refractivity contribution in [1.82, 2.24) is 15.9 Å². The molecule has 0 saturated heterocycles. The van der Waals surface area contributed by atoms with E-state index in [0.29, 0.717) is 28.9 Å². The second-order valence-electron chi connectivity index (χ2n) is 8.46. The van der Waals surface area contributed by atoms with Crippen LogP contribution in [0.3, 0.4) is 0 Å². The second-order valence-corrected chi connectivity index (χ2v) is 8.46. The van der Waals surface area contributed by atoms with Crippen molar-refractivity contribution >= 4 is 24.1 Å². The molecule has 0 aromatic heterocycles. The maximum atomic E-state index is 13.5. The van der Waals surface area contributed by atoms with E-state index >= 15 is 0 Å². The second kappa shape index (κ2) is 10.6. The quantitative estimate of drug-likeness (QED) is 0.459. The topological polar surface area (TPSA) is 126 Å². The van der Waals surface area contributed by atoms with Crippen LogP contribution >= 0.6 is 0 Å². The molecule has 0 bridgehead atoms. The van der Waals surface area contributed by atoms with Crippen LogP contribution in [0.1, 0.15) is 65.1 Å². The van der Waals surface area contributed by atoms with Crippen LogP contribution in [0.5, 0.6) is 5.75 Å². The molecule has 0 saturated carbocycles. The maximum Gasteiger partial charge on any atom is 0.332 e. The van der Waals surface area contributed by atoms with Crippen molar-refractivity contribution in [3.8, 4) is 5.75 Å². The zero-order valence-corrected chi connectivity index (χ0v) is 19.9. The van der Waals surface area contributed by atoms with Gasteiger partial charge in [-0.3, -0.25) is 15.0 Å². The van der Waals surface area contributed by atoms with E-state index in [1.807, 2.05) is 34.6 Å². The van der Waals surface area contributed by atoms with Crippen LogP contribution in [0.25, 0.3) is 0 Å². The SMILES string of the molecule is CCc1c(OC)cccc1C(=O)NN(C(=O)c1cc(C)cc(C=NNC(N)=O)c1)C(C)(C)C. The van der Waals surface area contributed by atoms with Crippen LogP contribution in [0.15, 0.2) is 41.5 Å². The number of rotatable bonds is 6. The highest BCUT2D eigenvalue weighted by molar-refractivity contribution is 6.01. The first-order chi connectivity index (χ1) is 15.5. The molecular formula is C24H31N5O4. The molecule has 0 aliphatic rings. The predicted molar refractivity (Wildman–Crippen MR) is 127 cm³/mol. The van der Waals surface area contributed by atoms with Gasteiger partial charge in [0.25, 0.3) is 11.8 Å². The molecule has 0 fully saturated rings. The maximum absolute atomic E-state index is 13.5. The van der Waals surface area contributed by atoms with Gasteiger partial charge < -0.3 is 10.5 Å². The van der Waals surface area contributed by atoms with Crippen LogP contribution in [0, 0.1) is 6.92 Å². The number of hydrogen-bond donors (Lipinski definition) is 3. The summed E-state index contributed by atoms with van der Waals surface area (Å²) in [4.78, 5) is 37.5. The summed E-state index contributed by atoms with van der Waals surface area (Å²) in [6.45, 7) is 9.24. The Kier molecular flexibility index (Phi) is 8.17. The van der Waals surface area contributed by atoms with E-state index in [2.05, 4.69) is 16.0 Å². The van der Waals surface area contributed by atoms with Crippen molar-refractivity contribution in [2.75, 3.05) is 7.11 Å². The van der Waals surface area contributed by atoms with Crippen molar-refractivity contribution in [2.24, 2.45) is 10.8 Å². The number of carbonyl (C=O) groups excluding carboxylic acids is 3. The standard InChI is InChI=1S/C24H31N5O4/c1-7-18-19(9-8-10-20(18)33-6)21(30)28-29(24(3,4)5)22(31)17-12-15(2)11-16(13-17)14-26-27-23(25)32/h8-14H,7H2,1-6H3,(H,28,30)(H3,25,27,32). The number of amides is 4. The van der Waals surface area contributed by atoms with Gasteiger partial charge >= 0.3 is 6.03 Å². The lowest BCUT2D eigenvalue weighted by Gasteiger charge is -2.35. The number of primary amides is 1. The van der Waals surface area contributed by atoms with Gasteiger partial charge in [-0.2, -0.15) is 5.10 Å². The normalized spacial score (nSPS) is 11.2. The highest BCUT2D eigenvalue weighted by Gasteiger charge is 2.30. The summed E-state index contributed by atoms with van der Waals surface area (Å²) >= 11 is 0. The molecule has 2 aromatic carbocycles. The van der Waals surface area contributed by atoms with E-state index < -0.39 is 23.4 Å². The molecule has 0 spiro atoms. The molecule has 4 N–H and O–H groups in total. The van der Waals surface area contributed by atoms with Crippen molar-refractivity contribution in [3.05, 3.63) is 64.2 Å². The molecule has 0 radical (unpaired) electrons. The van der Waals surface area contributed by atoms with Crippen molar-refractivity contribution < 1.29 is 19.1 Å². The van der Waals surface area contributed by atoms with Crippen molar-refractivity contribution in [1.29, 1.82) is 0 Å². The molecule has 0 aliphatic heterocycles. The number of nitrogens with two attached hydrogens (primary N) is 1. The Labute approximate surface area is 194 Å². The number of nitrogens with one attached hydrogen (secondary N) is 2. The highest BCUT2D eigenvalue weighted by Crippen LogP contribution is 2.24. The molecule has 9 nitrogen and oxygen atoms in total. The van der Waals surface area contributed by atoms with Gasteiger partial charge in [0.2, 0.25) is 0 Å². The fraction of sp³-hybridized carbons (Fsp3) is 0.333. The lowest BCUT2D eigenvalue weighted by atomic mass is 10.0. The summed E-state index contributed by atoms with van der Waals surface area (Å²) in [5.41, 5.74) is 12.1. The number of nitrogens with zero attached hydrogens (tertiary/aromatic N) is 2. The minimum absolute atomic E-state index is 0.354. The summed E-state index contributed by atoms with van der Waals surface area (Å²) in [5.74, 6) is -0.182. The smallest absolute Gasteiger partial charge is 0.332 e. The first kappa shape index (κ1) is 25.4. The van der Waals surface area contributed by atoms with Crippen LogP contribution in [-0.2, 0) is 6.42 Å². The molecule has 0 heterocycles. The van der Waals surface area contributed by atoms with Crippen LogP contribution in [0.4, 0.5) is 4.79 Å². The highest BCUT2D eigenvalue weighted by atomic mass is 16.5. The zero-order valence-electron chi connectivity index (χ0n) is 19.9. The minimum atomic E-state index is -0.791. The number of ether oxygens (including phenoxy) is 1. The molecule has 176 valence electrons. The third-order valence-electron chi connectivity index (χ3n) is 4.77. The monoisotopic (exact) mass is 453 g/mol. The van der Waals surface area contributed by atoms with Gasteiger partial charge in [0.1, 0.15) is 5.75 Å². The number of methoxy groups -OCH3 is 1. The van der Waals surface area contributed by atoms with E-state index in [9.17, 15) is 14.4 Å². The molecule has 2 aromatic rings. The summed E-state index contributed by atoms with van der Waals surface area (Å²) in [6, 6.07) is 9.58. The largest absolute Gasteiger partial charge is 0.496 e. The third-order valence-corrected chi connectivity index (χ3v) is 4.77. The van der Waals surface area contributed by atoms with Gasteiger partial charge in [0.15, 0.2) is 0 Å². The molecule has 0 atom stereocenters. The van der Waals surface area contributed by atoms with E-state index in [4.69, 9.17) is 10.5 Å². The number of carbonyl (C=O) groups is 3. The summed E-state index contributed by atoms with van der Waals surface area (Å²) in [6.07, 6.45) is 1.98. The third kappa shape index (κ3) is 6.55. The zero-order chi connectivity index (χ0) is 24.8. The summed E-state index contributed by atoms with van der Waals surface area (Å²) < 4.78 is 5.38. The molecule has 2 rings (SSSR count). The minimum Gasteiger partial charge on any atom is -0.496 e. The number of hydrazone groups is 1. The number of benzene rings is 2. The Balaban J connectivity index is 2.40. The van der Waals surface area contributed by atoms with E-state index in [1.165, 1.54) is 11.2 Å². The Hall–Kier alpha value is -3.88. The molecule has 0 aliphatic carbocycles. The van der Waals surface area contributed by atoms with Crippen LogP contribution in [0.2, 0.25) is 0 Å². The first-order valence-electron chi connectivity index (χ1n) is 10.5. The van der Waals surface area contributed by atoms with Crippen LogP contribution in [-0.4, -0.2) is 41.7 Å². The number of urea groups is 1. The lowest BCUT2D eigenvalue weighted by molar-refractivity contribution is 0.0358. The molecular weight excluding hydrogens is 422 g/mol. The van der Waals surface area contributed by atoms with Gasteiger partial charge in [-0.1, -0.05) is 19.1 Å². The Morgan fingerprint density at radius 2 is 1.88 bits per heavy atom. The fourth-order valence-corrected chi connectivity index (χ4v) is 3.33. The Morgan fingerprint density at radius 3 is 2.45 bits per heavy atom. The predicted octanol–water partition coefficient (Wildman–Crippen LogP) is 3.15. The van der Waals surface area contributed by atoms with Gasteiger partial charge in [-0.05, 0) is 69.5 Å². The van der Waals surface area contributed by atoms with E-state index in [-0.39, 0.29) is 0 Å².